The molecule has 21 heavy (non-hydrogen) atoms. The van der Waals surface area contributed by atoms with Gasteiger partial charge in [0.2, 0.25) is 0 Å². The van der Waals surface area contributed by atoms with Gasteiger partial charge in [-0.05, 0) is 49.7 Å². The molecule has 4 nitrogen and oxygen atoms in total. The number of hydrogen-bond acceptors (Lipinski definition) is 4. The SMILES string of the molecule is Cc1cc(S(=O)(=O)N(C)CC2CC2C)sc1CNC1CC1. The van der Waals surface area contributed by atoms with Crippen LogP contribution in [0.25, 0.3) is 0 Å². The van der Waals surface area contributed by atoms with Crippen molar-refractivity contribution in [1.82, 2.24) is 9.62 Å². The van der Waals surface area contributed by atoms with Gasteiger partial charge in [0, 0.05) is 31.1 Å². The Labute approximate surface area is 131 Å². The molecule has 1 aromatic rings. The number of nitrogens with zero attached hydrogens (tertiary/aromatic N) is 1. The van der Waals surface area contributed by atoms with Gasteiger partial charge < -0.3 is 5.32 Å². The van der Waals surface area contributed by atoms with Crippen molar-refractivity contribution in [1.29, 1.82) is 0 Å². The van der Waals surface area contributed by atoms with Crippen molar-refractivity contribution in [2.24, 2.45) is 11.8 Å². The molecule has 0 saturated heterocycles. The molecule has 2 aliphatic rings. The number of rotatable bonds is 7. The van der Waals surface area contributed by atoms with E-state index in [0.717, 1.165) is 23.4 Å². The maximum Gasteiger partial charge on any atom is 0.252 e. The van der Waals surface area contributed by atoms with Crippen molar-refractivity contribution >= 4 is 21.4 Å². The van der Waals surface area contributed by atoms with Crippen LogP contribution in [0, 0.1) is 18.8 Å². The molecular weight excluding hydrogens is 304 g/mol. The van der Waals surface area contributed by atoms with Crippen LogP contribution in [0.15, 0.2) is 10.3 Å². The predicted molar refractivity (Wildman–Crippen MR) is 86.0 cm³/mol. The van der Waals surface area contributed by atoms with Gasteiger partial charge in [-0.15, -0.1) is 11.3 Å². The first-order valence-corrected chi connectivity index (χ1v) is 9.92. The Balaban J connectivity index is 1.70. The quantitative estimate of drug-likeness (QED) is 0.837. The summed E-state index contributed by atoms with van der Waals surface area (Å²) in [6.07, 6.45) is 3.65. The molecule has 3 rings (SSSR count). The second-order valence-corrected chi connectivity index (χ2v) is 9.99. The van der Waals surface area contributed by atoms with Crippen molar-refractivity contribution in [2.75, 3.05) is 13.6 Å². The van der Waals surface area contributed by atoms with Crippen molar-refractivity contribution in [3.05, 3.63) is 16.5 Å². The van der Waals surface area contributed by atoms with Gasteiger partial charge in [-0.2, -0.15) is 4.31 Å². The van der Waals surface area contributed by atoms with E-state index in [-0.39, 0.29) is 0 Å². The Kier molecular flexibility index (Phi) is 4.16. The molecule has 1 N–H and O–H groups in total. The third kappa shape index (κ3) is 3.50. The minimum absolute atomic E-state index is 0.489. The molecule has 2 unspecified atom stereocenters. The molecule has 2 fully saturated rings. The maximum absolute atomic E-state index is 12.6. The van der Waals surface area contributed by atoms with Gasteiger partial charge in [0.15, 0.2) is 0 Å². The van der Waals surface area contributed by atoms with E-state index in [4.69, 9.17) is 0 Å². The highest BCUT2D eigenvalue weighted by Crippen LogP contribution is 2.39. The van der Waals surface area contributed by atoms with Crippen LogP contribution in [0.1, 0.15) is 36.6 Å². The molecule has 0 radical (unpaired) electrons. The Morgan fingerprint density at radius 3 is 2.67 bits per heavy atom. The summed E-state index contributed by atoms with van der Waals surface area (Å²) in [5.74, 6) is 1.22. The first-order valence-electron chi connectivity index (χ1n) is 7.67. The van der Waals surface area contributed by atoms with E-state index in [1.807, 2.05) is 13.0 Å². The lowest BCUT2D eigenvalue weighted by Gasteiger charge is -2.15. The van der Waals surface area contributed by atoms with Crippen LogP contribution in [-0.4, -0.2) is 32.4 Å². The molecule has 0 aliphatic heterocycles. The smallest absolute Gasteiger partial charge is 0.252 e. The largest absolute Gasteiger partial charge is 0.309 e. The summed E-state index contributed by atoms with van der Waals surface area (Å²) in [4.78, 5) is 1.15. The zero-order valence-electron chi connectivity index (χ0n) is 12.9. The lowest BCUT2D eigenvalue weighted by atomic mass is 10.3. The van der Waals surface area contributed by atoms with Crippen molar-refractivity contribution in [3.63, 3.8) is 0 Å². The number of sulfonamides is 1. The van der Waals surface area contributed by atoms with Crippen molar-refractivity contribution in [2.45, 2.75) is 49.9 Å². The first kappa shape index (κ1) is 15.5. The molecule has 0 bridgehead atoms. The van der Waals surface area contributed by atoms with Crippen molar-refractivity contribution < 1.29 is 8.42 Å². The molecule has 2 atom stereocenters. The molecule has 0 amide bonds. The predicted octanol–water partition coefficient (Wildman–Crippen LogP) is 2.59. The molecule has 1 aromatic heterocycles. The second kappa shape index (κ2) is 5.65. The van der Waals surface area contributed by atoms with E-state index in [9.17, 15) is 8.42 Å². The molecule has 2 saturated carbocycles. The molecule has 0 aromatic carbocycles. The van der Waals surface area contributed by atoms with Gasteiger partial charge >= 0.3 is 0 Å². The summed E-state index contributed by atoms with van der Waals surface area (Å²) >= 11 is 1.42. The van der Waals surface area contributed by atoms with Crippen LogP contribution in [-0.2, 0) is 16.6 Å². The fourth-order valence-electron chi connectivity index (χ4n) is 2.55. The summed E-state index contributed by atoms with van der Waals surface area (Å²) in [5.41, 5.74) is 1.08. The topological polar surface area (TPSA) is 49.4 Å². The van der Waals surface area contributed by atoms with Crippen molar-refractivity contribution in [3.8, 4) is 0 Å². The monoisotopic (exact) mass is 328 g/mol. The molecular formula is C15H24N2O2S2. The summed E-state index contributed by atoms with van der Waals surface area (Å²) in [6.45, 7) is 5.63. The van der Waals surface area contributed by atoms with Gasteiger partial charge in [-0.3, -0.25) is 0 Å². The Morgan fingerprint density at radius 1 is 1.43 bits per heavy atom. The highest BCUT2D eigenvalue weighted by atomic mass is 32.2. The number of aryl methyl sites for hydroxylation is 1. The molecule has 1 heterocycles. The van der Waals surface area contributed by atoms with Crippen LogP contribution >= 0.6 is 11.3 Å². The van der Waals surface area contributed by atoms with Gasteiger partial charge in [0.25, 0.3) is 10.0 Å². The number of thiophene rings is 1. The van der Waals surface area contributed by atoms with E-state index in [2.05, 4.69) is 12.2 Å². The molecule has 118 valence electrons. The van der Waals surface area contributed by atoms with E-state index < -0.39 is 10.0 Å². The van der Waals surface area contributed by atoms with Gasteiger partial charge in [-0.1, -0.05) is 6.92 Å². The average Bonchev–Trinajstić information content (AvgIpc) is 3.32. The third-order valence-corrected chi connectivity index (χ3v) is 8.07. The summed E-state index contributed by atoms with van der Waals surface area (Å²) in [7, 11) is -1.61. The van der Waals surface area contributed by atoms with Gasteiger partial charge in [0.05, 0.1) is 0 Å². The minimum atomic E-state index is -3.32. The van der Waals surface area contributed by atoms with E-state index in [1.165, 1.54) is 28.5 Å². The van der Waals surface area contributed by atoms with Crippen LogP contribution in [0.5, 0.6) is 0 Å². The Morgan fingerprint density at radius 2 is 2.10 bits per heavy atom. The van der Waals surface area contributed by atoms with Gasteiger partial charge in [-0.25, -0.2) is 8.42 Å². The molecule has 6 heteroatoms. The molecule has 0 spiro atoms. The van der Waals surface area contributed by atoms with Crippen LogP contribution in [0.3, 0.4) is 0 Å². The highest BCUT2D eigenvalue weighted by molar-refractivity contribution is 7.91. The minimum Gasteiger partial charge on any atom is -0.309 e. The first-order chi connectivity index (χ1) is 9.88. The Bertz CT molecular complexity index is 620. The fourth-order valence-corrected chi connectivity index (χ4v) is 5.53. The number of nitrogens with one attached hydrogen (secondary N) is 1. The van der Waals surface area contributed by atoms with Crippen LogP contribution in [0.4, 0.5) is 0 Å². The lowest BCUT2D eigenvalue weighted by molar-refractivity contribution is 0.446. The zero-order chi connectivity index (χ0) is 15.2. The normalized spacial score (nSPS) is 25.5. The highest BCUT2D eigenvalue weighted by Gasteiger charge is 2.36. The van der Waals surface area contributed by atoms with Crippen LogP contribution in [0.2, 0.25) is 0 Å². The zero-order valence-corrected chi connectivity index (χ0v) is 14.6. The maximum atomic E-state index is 12.6. The third-order valence-electron chi connectivity index (χ3n) is 4.56. The van der Waals surface area contributed by atoms with E-state index >= 15 is 0 Å². The van der Waals surface area contributed by atoms with E-state index in [0.29, 0.717) is 28.6 Å². The second-order valence-electron chi connectivity index (χ2n) is 6.59. The summed E-state index contributed by atoms with van der Waals surface area (Å²) in [6, 6.07) is 2.47. The molecule has 2 aliphatic carbocycles. The van der Waals surface area contributed by atoms with E-state index in [1.54, 1.807) is 7.05 Å². The summed E-state index contributed by atoms with van der Waals surface area (Å²) in [5, 5.41) is 3.46. The average molecular weight is 329 g/mol. The van der Waals surface area contributed by atoms with Gasteiger partial charge in [0.1, 0.15) is 4.21 Å². The number of hydrogen-bond donors (Lipinski definition) is 1. The standard InChI is InChI=1S/C15H24N2O2S2/c1-10-6-12(10)9-17(3)21(18,19)15-7-11(2)14(20-15)8-16-13-4-5-13/h7,10,12-13,16H,4-6,8-9H2,1-3H3. The van der Waals surface area contributed by atoms with Crippen LogP contribution < -0.4 is 5.32 Å². The lowest BCUT2D eigenvalue weighted by Crippen LogP contribution is -2.28. The fraction of sp³-hybridized carbons (Fsp3) is 0.733. The Hall–Kier alpha value is -0.430. The summed E-state index contributed by atoms with van der Waals surface area (Å²) < 4.78 is 27.3.